The maximum absolute atomic E-state index is 12.6. The Hall–Kier alpha value is -1.03. The molecule has 0 bridgehead atoms. The molecule has 1 aliphatic rings. The van der Waals surface area contributed by atoms with Crippen molar-refractivity contribution in [1.29, 1.82) is 0 Å². The standard InChI is InChI=1S/C14H18F3N/c1-10(9-18-13-5-6-13)7-11-3-2-4-12(8-11)14(15,16)17/h2-4,8,10,13,18H,5-7,9H2,1H3. The molecule has 18 heavy (non-hydrogen) atoms. The van der Waals surface area contributed by atoms with E-state index in [1.54, 1.807) is 6.07 Å². The molecule has 4 heteroatoms. The third-order valence-corrected chi connectivity index (χ3v) is 3.17. The molecule has 0 radical (unpaired) electrons. The van der Waals surface area contributed by atoms with Crippen LogP contribution in [-0.2, 0) is 12.6 Å². The molecule has 0 heterocycles. The lowest BCUT2D eigenvalue weighted by Crippen LogP contribution is -2.24. The van der Waals surface area contributed by atoms with E-state index in [2.05, 4.69) is 12.2 Å². The van der Waals surface area contributed by atoms with Gasteiger partial charge in [0.1, 0.15) is 0 Å². The number of halogens is 3. The molecule has 1 nitrogen and oxygen atoms in total. The summed E-state index contributed by atoms with van der Waals surface area (Å²) in [6.07, 6.45) is -1.10. The quantitative estimate of drug-likeness (QED) is 0.849. The summed E-state index contributed by atoms with van der Waals surface area (Å²) in [5.74, 6) is 0.356. The van der Waals surface area contributed by atoms with E-state index in [-0.39, 0.29) is 0 Å². The first-order valence-corrected chi connectivity index (χ1v) is 6.34. The molecule has 2 rings (SSSR count). The molecular weight excluding hydrogens is 239 g/mol. The molecule has 0 aliphatic heterocycles. The summed E-state index contributed by atoms with van der Waals surface area (Å²) in [7, 11) is 0. The molecule has 1 aromatic rings. The monoisotopic (exact) mass is 257 g/mol. The van der Waals surface area contributed by atoms with Gasteiger partial charge in [0.25, 0.3) is 0 Å². The van der Waals surface area contributed by atoms with Gasteiger partial charge in [-0.2, -0.15) is 13.2 Å². The molecule has 100 valence electrons. The lowest BCUT2D eigenvalue weighted by Gasteiger charge is -2.14. The van der Waals surface area contributed by atoms with E-state index in [1.807, 2.05) is 0 Å². The Morgan fingerprint density at radius 1 is 1.33 bits per heavy atom. The van der Waals surface area contributed by atoms with Crippen LogP contribution >= 0.6 is 0 Å². The van der Waals surface area contributed by atoms with Crippen molar-refractivity contribution in [2.24, 2.45) is 5.92 Å². The molecular formula is C14H18F3N. The number of hydrogen-bond donors (Lipinski definition) is 1. The predicted molar refractivity (Wildman–Crippen MR) is 65.3 cm³/mol. The van der Waals surface area contributed by atoms with Crippen molar-refractivity contribution in [2.45, 2.75) is 38.4 Å². The Balaban J connectivity index is 1.91. The second-order valence-corrected chi connectivity index (χ2v) is 5.19. The number of benzene rings is 1. The van der Waals surface area contributed by atoms with Gasteiger partial charge in [0.05, 0.1) is 5.56 Å². The fourth-order valence-corrected chi connectivity index (χ4v) is 2.00. The molecule has 1 fully saturated rings. The van der Waals surface area contributed by atoms with E-state index >= 15 is 0 Å². The maximum Gasteiger partial charge on any atom is 0.416 e. The van der Waals surface area contributed by atoms with Crippen LogP contribution < -0.4 is 5.32 Å². The normalized spacial score (nSPS) is 17.8. The minimum atomic E-state index is -4.24. The highest BCUT2D eigenvalue weighted by molar-refractivity contribution is 5.26. The van der Waals surface area contributed by atoms with Crippen LogP contribution in [0.2, 0.25) is 0 Å². The lowest BCUT2D eigenvalue weighted by atomic mass is 9.99. The molecule has 0 spiro atoms. The zero-order chi connectivity index (χ0) is 13.2. The fourth-order valence-electron chi connectivity index (χ4n) is 2.00. The zero-order valence-corrected chi connectivity index (χ0v) is 10.4. The van der Waals surface area contributed by atoms with Gasteiger partial charge in [-0.1, -0.05) is 25.1 Å². The van der Waals surface area contributed by atoms with Crippen molar-refractivity contribution in [3.63, 3.8) is 0 Å². The van der Waals surface area contributed by atoms with E-state index in [4.69, 9.17) is 0 Å². The van der Waals surface area contributed by atoms with Gasteiger partial charge in [-0.25, -0.2) is 0 Å². The highest BCUT2D eigenvalue weighted by Crippen LogP contribution is 2.30. The van der Waals surface area contributed by atoms with Crippen molar-refractivity contribution in [2.75, 3.05) is 6.54 Å². The molecule has 0 amide bonds. The lowest BCUT2D eigenvalue weighted by molar-refractivity contribution is -0.137. The molecule has 1 N–H and O–H groups in total. The fraction of sp³-hybridized carbons (Fsp3) is 0.571. The summed E-state index contributed by atoms with van der Waals surface area (Å²) in [6, 6.07) is 6.28. The average molecular weight is 257 g/mol. The van der Waals surface area contributed by atoms with Gasteiger partial charge < -0.3 is 5.32 Å². The first-order chi connectivity index (χ1) is 8.45. The minimum absolute atomic E-state index is 0.356. The van der Waals surface area contributed by atoms with Crippen LogP contribution in [0.15, 0.2) is 24.3 Å². The molecule has 1 atom stereocenters. The smallest absolute Gasteiger partial charge is 0.314 e. The van der Waals surface area contributed by atoms with E-state index in [0.717, 1.165) is 18.2 Å². The van der Waals surface area contributed by atoms with Crippen LogP contribution in [0.5, 0.6) is 0 Å². The van der Waals surface area contributed by atoms with Crippen LogP contribution in [0.3, 0.4) is 0 Å². The topological polar surface area (TPSA) is 12.0 Å². The molecule has 0 saturated heterocycles. The summed E-state index contributed by atoms with van der Waals surface area (Å²) in [4.78, 5) is 0. The number of nitrogens with one attached hydrogen (secondary N) is 1. The maximum atomic E-state index is 12.6. The third-order valence-electron chi connectivity index (χ3n) is 3.17. The molecule has 1 saturated carbocycles. The van der Waals surface area contributed by atoms with E-state index in [9.17, 15) is 13.2 Å². The van der Waals surface area contributed by atoms with Gasteiger partial charge in [0.2, 0.25) is 0 Å². The second-order valence-electron chi connectivity index (χ2n) is 5.19. The van der Waals surface area contributed by atoms with Crippen molar-refractivity contribution in [1.82, 2.24) is 5.32 Å². The summed E-state index contributed by atoms with van der Waals surface area (Å²) in [5.41, 5.74) is 0.206. The van der Waals surface area contributed by atoms with Gasteiger partial charge in [0, 0.05) is 6.04 Å². The Bertz CT molecular complexity index is 396. The molecule has 1 aliphatic carbocycles. The van der Waals surface area contributed by atoms with Gasteiger partial charge in [-0.15, -0.1) is 0 Å². The summed E-state index contributed by atoms with van der Waals surface area (Å²) < 4.78 is 37.7. The zero-order valence-electron chi connectivity index (χ0n) is 10.4. The van der Waals surface area contributed by atoms with Gasteiger partial charge in [0.15, 0.2) is 0 Å². The van der Waals surface area contributed by atoms with Crippen LogP contribution in [-0.4, -0.2) is 12.6 Å². The molecule has 0 aromatic heterocycles. The highest BCUT2D eigenvalue weighted by Gasteiger charge is 2.30. The largest absolute Gasteiger partial charge is 0.416 e. The highest BCUT2D eigenvalue weighted by atomic mass is 19.4. The molecule has 1 aromatic carbocycles. The van der Waals surface area contributed by atoms with Crippen LogP contribution in [0.25, 0.3) is 0 Å². The van der Waals surface area contributed by atoms with E-state index < -0.39 is 11.7 Å². The van der Waals surface area contributed by atoms with Crippen molar-refractivity contribution < 1.29 is 13.2 Å². The van der Waals surface area contributed by atoms with Gasteiger partial charge in [-0.3, -0.25) is 0 Å². The Kier molecular flexibility index (Phi) is 3.95. The van der Waals surface area contributed by atoms with Gasteiger partial charge >= 0.3 is 6.18 Å². The van der Waals surface area contributed by atoms with E-state index in [0.29, 0.717) is 18.4 Å². The predicted octanol–water partition coefficient (Wildman–Crippen LogP) is 3.64. The third kappa shape index (κ3) is 4.02. The van der Waals surface area contributed by atoms with Crippen molar-refractivity contribution >= 4 is 0 Å². The number of alkyl halides is 3. The van der Waals surface area contributed by atoms with Gasteiger partial charge in [-0.05, 0) is 43.4 Å². The minimum Gasteiger partial charge on any atom is -0.314 e. The summed E-state index contributed by atoms with van der Waals surface area (Å²) in [5, 5.41) is 3.40. The van der Waals surface area contributed by atoms with Crippen LogP contribution in [0.1, 0.15) is 30.9 Å². The number of hydrogen-bond acceptors (Lipinski definition) is 1. The van der Waals surface area contributed by atoms with E-state index in [1.165, 1.54) is 25.0 Å². The SMILES string of the molecule is CC(CNC1CC1)Cc1cccc(C(F)(F)F)c1. The summed E-state index contributed by atoms with van der Waals surface area (Å²) in [6.45, 7) is 2.94. The summed E-state index contributed by atoms with van der Waals surface area (Å²) >= 11 is 0. The first kappa shape index (κ1) is 13.4. The first-order valence-electron chi connectivity index (χ1n) is 6.34. The second kappa shape index (κ2) is 5.31. The van der Waals surface area contributed by atoms with Crippen molar-refractivity contribution in [3.8, 4) is 0 Å². The Labute approximate surface area is 105 Å². The van der Waals surface area contributed by atoms with Crippen LogP contribution in [0, 0.1) is 5.92 Å². The Morgan fingerprint density at radius 2 is 2.06 bits per heavy atom. The van der Waals surface area contributed by atoms with Crippen LogP contribution in [0.4, 0.5) is 13.2 Å². The average Bonchev–Trinajstić information content (AvgIpc) is 3.09. The number of rotatable bonds is 5. The van der Waals surface area contributed by atoms with Crippen molar-refractivity contribution in [3.05, 3.63) is 35.4 Å². The Morgan fingerprint density at radius 3 is 2.67 bits per heavy atom. The molecule has 1 unspecified atom stereocenters.